The number of aromatic hydroxyl groups is 1. The molecule has 44 heavy (non-hydrogen) atoms. The van der Waals surface area contributed by atoms with E-state index in [1.807, 2.05) is 13.0 Å². The number of aryl methyl sites for hydroxylation is 2. The van der Waals surface area contributed by atoms with Crippen LogP contribution in [0.5, 0.6) is 5.75 Å². The molecule has 4 nitrogen and oxygen atoms in total. The average Bonchev–Trinajstić information content (AvgIpc) is 3.26. The fraction of sp³-hybridized carbons (Fsp3) is 0.225. The summed E-state index contributed by atoms with van der Waals surface area (Å²) >= 11 is 0. The SMILES string of the molecule is Cc1ccc(CC2(Cc3ccc(C)cc3)/C(=C/C(=O)c3ccc(O)cc3)N(CCC(C)O)c3c2ccc2ccccc32)cc1. The van der Waals surface area contributed by atoms with Gasteiger partial charge in [-0.3, -0.25) is 4.79 Å². The van der Waals surface area contributed by atoms with Gasteiger partial charge in [-0.25, -0.2) is 0 Å². The Morgan fingerprint density at radius 3 is 1.98 bits per heavy atom. The molecule has 0 spiro atoms. The lowest BCUT2D eigenvalue weighted by Gasteiger charge is -2.35. The average molecular weight is 582 g/mol. The summed E-state index contributed by atoms with van der Waals surface area (Å²) in [6, 6.07) is 36.7. The number of rotatable bonds is 9. The van der Waals surface area contributed by atoms with E-state index in [4.69, 9.17) is 0 Å². The van der Waals surface area contributed by atoms with Gasteiger partial charge in [0.2, 0.25) is 0 Å². The number of phenolic OH excluding ortho intramolecular Hbond substituents is 1. The van der Waals surface area contributed by atoms with Crippen LogP contribution in [0.2, 0.25) is 0 Å². The highest BCUT2D eigenvalue weighted by Crippen LogP contribution is 2.54. The van der Waals surface area contributed by atoms with Crippen LogP contribution in [0.1, 0.15) is 51.5 Å². The van der Waals surface area contributed by atoms with Crippen molar-refractivity contribution in [1.29, 1.82) is 0 Å². The van der Waals surface area contributed by atoms with Crippen molar-refractivity contribution in [2.75, 3.05) is 11.4 Å². The number of fused-ring (bicyclic) bond motifs is 3. The third kappa shape index (κ3) is 5.78. The molecule has 1 atom stereocenters. The lowest BCUT2D eigenvalue weighted by molar-refractivity contribution is 0.104. The molecular weight excluding hydrogens is 542 g/mol. The minimum absolute atomic E-state index is 0.114. The van der Waals surface area contributed by atoms with E-state index in [0.29, 0.717) is 31.4 Å². The van der Waals surface area contributed by atoms with Gasteiger partial charge >= 0.3 is 0 Å². The molecule has 5 aromatic rings. The molecule has 222 valence electrons. The third-order valence-electron chi connectivity index (χ3n) is 8.91. The van der Waals surface area contributed by atoms with Gasteiger partial charge in [0.15, 0.2) is 5.78 Å². The molecule has 0 radical (unpaired) electrons. The highest BCUT2D eigenvalue weighted by molar-refractivity contribution is 6.07. The van der Waals surface area contributed by atoms with Crippen molar-refractivity contribution in [3.05, 3.63) is 154 Å². The van der Waals surface area contributed by atoms with Gasteiger partial charge in [0.25, 0.3) is 0 Å². The summed E-state index contributed by atoms with van der Waals surface area (Å²) in [6.07, 6.45) is 3.27. The Labute approximate surface area is 259 Å². The largest absolute Gasteiger partial charge is 0.508 e. The number of hydrogen-bond acceptors (Lipinski definition) is 4. The zero-order valence-corrected chi connectivity index (χ0v) is 25.6. The summed E-state index contributed by atoms with van der Waals surface area (Å²) in [5, 5.41) is 22.6. The highest BCUT2D eigenvalue weighted by Gasteiger charge is 2.48. The molecule has 0 bridgehead atoms. The molecule has 0 aliphatic carbocycles. The minimum atomic E-state index is -0.560. The topological polar surface area (TPSA) is 60.8 Å². The van der Waals surface area contributed by atoms with Crippen LogP contribution in [0.3, 0.4) is 0 Å². The van der Waals surface area contributed by atoms with Crippen molar-refractivity contribution < 1.29 is 15.0 Å². The van der Waals surface area contributed by atoms with Crippen molar-refractivity contribution in [1.82, 2.24) is 0 Å². The Morgan fingerprint density at radius 1 is 0.795 bits per heavy atom. The molecule has 0 saturated carbocycles. The van der Waals surface area contributed by atoms with Gasteiger partial charge in [-0.15, -0.1) is 0 Å². The quantitative estimate of drug-likeness (QED) is 0.136. The van der Waals surface area contributed by atoms with Gasteiger partial charge in [0, 0.05) is 34.7 Å². The summed E-state index contributed by atoms with van der Waals surface area (Å²) in [7, 11) is 0. The Kier molecular flexibility index (Phi) is 8.11. The molecule has 1 aliphatic heterocycles. The molecule has 1 aliphatic rings. The maximum absolute atomic E-state index is 14.1. The van der Waals surface area contributed by atoms with Crippen LogP contribution < -0.4 is 4.90 Å². The van der Waals surface area contributed by atoms with Gasteiger partial charge in [0.1, 0.15) is 5.75 Å². The van der Waals surface area contributed by atoms with Crippen molar-refractivity contribution in [2.45, 2.75) is 51.6 Å². The number of anilines is 1. The molecule has 1 unspecified atom stereocenters. The van der Waals surface area contributed by atoms with Crippen molar-refractivity contribution in [2.24, 2.45) is 0 Å². The number of hydrogen-bond donors (Lipinski definition) is 2. The second-order valence-corrected chi connectivity index (χ2v) is 12.3. The van der Waals surface area contributed by atoms with Crippen LogP contribution in [0, 0.1) is 13.8 Å². The normalized spacial score (nSPS) is 15.5. The molecule has 0 amide bonds. The molecule has 6 rings (SSSR count). The summed E-state index contributed by atoms with van der Waals surface area (Å²) in [5.41, 5.74) is 7.99. The first-order chi connectivity index (χ1) is 21.2. The van der Waals surface area contributed by atoms with Gasteiger partial charge in [-0.05, 0) is 86.4 Å². The van der Waals surface area contributed by atoms with Gasteiger partial charge in [0.05, 0.1) is 11.8 Å². The first-order valence-electron chi connectivity index (χ1n) is 15.4. The Hall–Kier alpha value is -4.67. The summed E-state index contributed by atoms with van der Waals surface area (Å²) in [4.78, 5) is 16.4. The number of aliphatic hydroxyl groups excluding tert-OH is 1. The van der Waals surface area contributed by atoms with E-state index >= 15 is 0 Å². The maximum Gasteiger partial charge on any atom is 0.187 e. The number of ketones is 1. The van der Waals surface area contributed by atoms with Crippen LogP contribution >= 0.6 is 0 Å². The zero-order chi connectivity index (χ0) is 30.8. The number of benzene rings is 5. The molecule has 0 fully saturated rings. The highest BCUT2D eigenvalue weighted by atomic mass is 16.3. The monoisotopic (exact) mass is 581 g/mol. The number of carbonyl (C=O) groups excluding carboxylic acids is 1. The number of carbonyl (C=O) groups is 1. The van der Waals surface area contributed by atoms with E-state index in [1.165, 1.54) is 27.8 Å². The third-order valence-corrected chi connectivity index (χ3v) is 8.91. The van der Waals surface area contributed by atoms with Gasteiger partial charge < -0.3 is 15.1 Å². The summed E-state index contributed by atoms with van der Waals surface area (Å²) in [6.45, 7) is 6.58. The second kappa shape index (κ2) is 12.1. The first-order valence-corrected chi connectivity index (χ1v) is 15.4. The fourth-order valence-corrected chi connectivity index (χ4v) is 6.59. The maximum atomic E-state index is 14.1. The Bertz CT molecular complexity index is 1770. The lowest BCUT2D eigenvalue weighted by Crippen LogP contribution is -2.37. The van der Waals surface area contributed by atoms with E-state index in [2.05, 4.69) is 104 Å². The molecule has 1 heterocycles. The van der Waals surface area contributed by atoms with E-state index in [0.717, 1.165) is 22.2 Å². The van der Waals surface area contributed by atoms with Crippen LogP contribution in [-0.4, -0.2) is 28.6 Å². The van der Waals surface area contributed by atoms with Crippen LogP contribution in [0.15, 0.2) is 121 Å². The van der Waals surface area contributed by atoms with Crippen LogP contribution in [-0.2, 0) is 18.3 Å². The Balaban J connectivity index is 1.64. The minimum Gasteiger partial charge on any atom is -0.508 e. The fourth-order valence-electron chi connectivity index (χ4n) is 6.59. The number of aliphatic hydroxyl groups is 1. The summed E-state index contributed by atoms with van der Waals surface area (Å²) < 4.78 is 0. The standard InChI is InChI=1S/C40H39NO3/c1-27-8-12-30(13-9-27)25-40(26-31-14-10-28(2)11-15-31)36-21-18-32-6-4-5-7-35(32)39(36)41(23-22-29(3)42)38(40)24-37(44)33-16-19-34(43)20-17-33/h4-21,24,29,42-43H,22-23,25-26H2,1-3H3/b38-24-. The zero-order valence-electron chi connectivity index (χ0n) is 25.6. The van der Waals surface area contributed by atoms with Crippen molar-refractivity contribution >= 4 is 22.2 Å². The lowest BCUT2D eigenvalue weighted by atomic mass is 9.70. The molecule has 0 aromatic heterocycles. The Morgan fingerprint density at radius 2 is 1.39 bits per heavy atom. The van der Waals surface area contributed by atoms with Crippen LogP contribution in [0.4, 0.5) is 5.69 Å². The number of nitrogens with zero attached hydrogens (tertiary/aromatic N) is 1. The van der Waals surface area contributed by atoms with Gasteiger partial charge in [-0.2, -0.15) is 0 Å². The van der Waals surface area contributed by atoms with Crippen molar-refractivity contribution in [3.8, 4) is 5.75 Å². The number of phenols is 1. The van der Waals surface area contributed by atoms with E-state index in [9.17, 15) is 15.0 Å². The molecule has 5 aromatic carbocycles. The predicted molar refractivity (Wildman–Crippen MR) is 180 cm³/mol. The summed E-state index contributed by atoms with van der Waals surface area (Å²) in [5.74, 6) is 0.0111. The molecule has 0 saturated heterocycles. The van der Waals surface area contributed by atoms with Gasteiger partial charge in [-0.1, -0.05) is 96.1 Å². The van der Waals surface area contributed by atoms with E-state index in [1.54, 1.807) is 24.3 Å². The first kappa shape index (κ1) is 29.4. The second-order valence-electron chi connectivity index (χ2n) is 12.3. The van der Waals surface area contributed by atoms with Crippen LogP contribution in [0.25, 0.3) is 10.8 Å². The molecule has 4 heteroatoms. The van der Waals surface area contributed by atoms with E-state index < -0.39 is 11.5 Å². The predicted octanol–water partition coefficient (Wildman–Crippen LogP) is 8.24. The smallest absolute Gasteiger partial charge is 0.187 e. The van der Waals surface area contributed by atoms with E-state index in [-0.39, 0.29) is 11.5 Å². The molecule has 2 N–H and O–H groups in total. The number of allylic oxidation sites excluding steroid dienone is 2. The molecular formula is C40H39NO3. The van der Waals surface area contributed by atoms with Crippen molar-refractivity contribution in [3.63, 3.8) is 0 Å².